The lowest BCUT2D eigenvalue weighted by molar-refractivity contribution is 0.102. The summed E-state index contributed by atoms with van der Waals surface area (Å²) in [5, 5.41) is 6.53. The van der Waals surface area contributed by atoms with Gasteiger partial charge in [-0.1, -0.05) is 29.8 Å². The Morgan fingerprint density at radius 1 is 1.14 bits per heavy atom. The maximum atomic E-state index is 12.6. The van der Waals surface area contributed by atoms with Crippen LogP contribution in [0, 0.1) is 6.92 Å². The highest BCUT2D eigenvalue weighted by molar-refractivity contribution is 6.31. The van der Waals surface area contributed by atoms with E-state index in [9.17, 15) is 4.79 Å². The maximum Gasteiger partial charge on any atom is 0.274 e. The van der Waals surface area contributed by atoms with Crippen molar-refractivity contribution < 1.29 is 9.53 Å². The fourth-order valence-corrected chi connectivity index (χ4v) is 2.64. The molecule has 0 aliphatic carbocycles. The minimum absolute atomic E-state index is 0.00534. The van der Waals surface area contributed by atoms with E-state index in [-0.39, 0.29) is 17.7 Å². The molecule has 144 valence electrons. The van der Waals surface area contributed by atoms with Crippen LogP contribution in [0.4, 0.5) is 17.3 Å². The Labute approximate surface area is 168 Å². The van der Waals surface area contributed by atoms with Crippen molar-refractivity contribution in [1.82, 2.24) is 9.97 Å². The Bertz CT molecular complexity index is 992. The number of carbonyl (C=O) groups excluding carboxylic acids is 1. The summed E-state index contributed by atoms with van der Waals surface area (Å²) in [7, 11) is 0. The number of aryl methyl sites for hydroxylation is 1. The van der Waals surface area contributed by atoms with Gasteiger partial charge in [-0.25, -0.2) is 9.97 Å². The second-order valence-electron chi connectivity index (χ2n) is 6.47. The molecule has 7 heteroatoms. The van der Waals surface area contributed by atoms with Gasteiger partial charge in [0, 0.05) is 16.9 Å². The zero-order valence-corrected chi connectivity index (χ0v) is 16.6. The molecule has 0 radical (unpaired) electrons. The molecule has 2 N–H and O–H groups in total. The average Bonchev–Trinajstić information content (AvgIpc) is 2.66. The number of anilines is 3. The molecule has 0 saturated carbocycles. The molecule has 0 saturated heterocycles. The number of halogens is 1. The number of nitrogens with zero attached hydrogens (tertiary/aromatic N) is 2. The summed E-state index contributed by atoms with van der Waals surface area (Å²) in [6, 6.07) is 14.4. The maximum absolute atomic E-state index is 12.6. The van der Waals surface area contributed by atoms with Crippen molar-refractivity contribution in [3.63, 3.8) is 0 Å². The molecule has 0 bridgehead atoms. The number of carbonyl (C=O) groups is 1. The van der Waals surface area contributed by atoms with Crippen LogP contribution in [0.3, 0.4) is 0 Å². The number of hydrogen-bond acceptors (Lipinski definition) is 5. The lowest BCUT2D eigenvalue weighted by Gasteiger charge is -2.14. The summed E-state index contributed by atoms with van der Waals surface area (Å²) < 4.78 is 5.73. The molecule has 3 rings (SSSR count). The molecule has 3 aromatic rings. The van der Waals surface area contributed by atoms with Gasteiger partial charge in [-0.15, -0.1) is 0 Å². The lowest BCUT2D eigenvalue weighted by Crippen LogP contribution is -2.16. The molecule has 1 aromatic heterocycles. The van der Waals surface area contributed by atoms with Crippen LogP contribution in [0.1, 0.15) is 29.9 Å². The summed E-state index contributed by atoms with van der Waals surface area (Å²) in [6.45, 7) is 5.78. The van der Waals surface area contributed by atoms with Crippen molar-refractivity contribution in [3.05, 3.63) is 71.0 Å². The fraction of sp³-hybridized carbons (Fsp3) is 0.190. The van der Waals surface area contributed by atoms with Crippen LogP contribution in [-0.2, 0) is 0 Å². The van der Waals surface area contributed by atoms with Gasteiger partial charge in [0.1, 0.15) is 11.4 Å². The highest BCUT2D eigenvalue weighted by Crippen LogP contribution is 2.25. The second kappa shape index (κ2) is 8.71. The van der Waals surface area contributed by atoms with E-state index in [1.807, 2.05) is 51.1 Å². The minimum atomic E-state index is -0.354. The van der Waals surface area contributed by atoms with Gasteiger partial charge < -0.3 is 15.4 Å². The van der Waals surface area contributed by atoms with Crippen molar-refractivity contribution in [2.45, 2.75) is 26.9 Å². The summed E-state index contributed by atoms with van der Waals surface area (Å²) >= 11 is 6.15. The molecule has 0 fully saturated rings. The van der Waals surface area contributed by atoms with Crippen LogP contribution in [0.25, 0.3) is 0 Å². The van der Waals surface area contributed by atoms with E-state index in [2.05, 4.69) is 20.6 Å². The van der Waals surface area contributed by atoms with Gasteiger partial charge in [0.05, 0.1) is 11.8 Å². The van der Waals surface area contributed by atoms with Crippen molar-refractivity contribution in [3.8, 4) is 5.75 Å². The van der Waals surface area contributed by atoms with Gasteiger partial charge >= 0.3 is 0 Å². The highest BCUT2D eigenvalue weighted by atomic mass is 35.5. The summed E-state index contributed by atoms with van der Waals surface area (Å²) in [6.07, 6.45) is 1.52. The molecule has 0 atom stereocenters. The number of ether oxygens (including phenoxy) is 1. The van der Waals surface area contributed by atoms with E-state index in [0.717, 1.165) is 11.3 Å². The predicted molar refractivity (Wildman–Crippen MR) is 112 cm³/mol. The second-order valence-corrected chi connectivity index (χ2v) is 6.88. The standard InChI is InChI=1S/C21H21ClN4O2/c1-13(2)28-19-7-5-4-6-17(19)25-20(27)18-10-11-23-21(26-18)24-15-9-8-14(3)16(22)12-15/h4-13H,1-3H3,(H,25,27)(H,23,24,26). The quantitative estimate of drug-likeness (QED) is 0.597. The lowest BCUT2D eigenvalue weighted by atomic mass is 10.2. The Hall–Kier alpha value is -3.12. The van der Waals surface area contributed by atoms with Gasteiger partial charge in [-0.05, 0) is 56.7 Å². The fourth-order valence-electron chi connectivity index (χ4n) is 2.46. The Morgan fingerprint density at radius 2 is 1.93 bits per heavy atom. The largest absolute Gasteiger partial charge is 0.489 e. The zero-order valence-electron chi connectivity index (χ0n) is 15.9. The Morgan fingerprint density at radius 3 is 2.68 bits per heavy atom. The number of hydrogen-bond donors (Lipinski definition) is 2. The van der Waals surface area contributed by atoms with Crippen LogP contribution in [-0.4, -0.2) is 22.0 Å². The van der Waals surface area contributed by atoms with Crippen molar-refractivity contribution >= 4 is 34.8 Å². The number of para-hydroxylation sites is 2. The summed E-state index contributed by atoms with van der Waals surface area (Å²) in [4.78, 5) is 21.1. The Balaban J connectivity index is 1.76. The van der Waals surface area contributed by atoms with Crippen molar-refractivity contribution in [1.29, 1.82) is 0 Å². The monoisotopic (exact) mass is 396 g/mol. The minimum Gasteiger partial charge on any atom is -0.489 e. The van der Waals surface area contributed by atoms with Gasteiger partial charge in [-0.3, -0.25) is 4.79 Å². The molecule has 1 heterocycles. The number of amides is 1. The van der Waals surface area contributed by atoms with Crippen molar-refractivity contribution in [2.75, 3.05) is 10.6 Å². The molecule has 28 heavy (non-hydrogen) atoms. The van der Waals surface area contributed by atoms with Crippen LogP contribution < -0.4 is 15.4 Å². The van der Waals surface area contributed by atoms with E-state index in [4.69, 9.17) is 16.3 Å². The summed E-state index contributed by atoms with van der Waals surface area (Å²) in [5.74, 6) is 0.555. The van der Waals surface area contributed by atoms with Crippen LogP contribution in [0.5, 0.6) is 5.75 Å². The normalized spacial score (nSPS) is 10.6. The molecule has 1 amide bonds. The Kier molecular flexibility index (Phi) is 6.11. The first-order valence-electron chi connectivity index (χ1n) is 8.85. The molecule has 0 aliphatic rings. The first-order valence-corrected chi connectivity index (χ1v) is 9.23. The van der Waals surface area contributed by atoms with Gasteiger partial charge in [-0.2, -0.15) is 0 Å². The van der Waals surface area contributed by atoms with Crippen LogP contribution in [0.2, 0.25) is 5.02 Å². The molecule has 0 unspecified atom stereocenters. The van der Waals surface area contributed by atoms with Gasteiger partial charge in [0.25, 0.3) is 5.91 Å². The molecular weight excluding hydrogens is 376 g/mol. The molecule has 6 nitrogen and oxygen atoms in total. The van der Waals surface area contributed by atoms with E-state index in [1.54, 1.807) is 18.2 Å². The smallest absolute Gasteiger partial charge is 0.274 e. The zero-order chi connectivity index (χ0) is 20.1. The third kappa shape index (κ3) is 4.98. The number of benzene rings is 2. The van der Waals surface area contributed by atoms with E-state index in [0.29, 0.717) is 22.4 Å². The van der Waals surface area contributed by atoms with E-state index < -0.39 is 0 Å². The third-order valence-corrected chi connectivity index (χ3v) is 4.22. The molecule has 0 spiro atoms. The SMILES string of the molecule is Cc1ccc(Nc2nccc(C(=O)Nc3ccccc3OC(C)C)n2)cc1Cl. The molecule has 0 aliphatic heterocycles. The van der Waals surface area contributed by atoms with Crippen molar-refractivity contribution in [2.24, 2.45) is 0 Å². The van der Waals surface area contributed by atoms with Crippen LogP contribution >= 0.6 is 11.6 Å². The summed E-state index contributed by atoms with van der Waals surface area (Å²) in [5.41, 5.74) is 2.53. The van der Waals surface area contributed by atoms with Crippen LogP contribution in [0.15, 0.2) is 54.7 Å². The van der Waals surface area contributed by atoms with E-state index >= 15 is 0 Å². The predicted octanol–water partition coefficient (Wildman–Crippen LogP) is 5.22. The van der Waals surface area contributed by atoms with E-state index in [1.165, 1.54) is 6.20 Å². The van der Waals surface area contributed by atoms with Gasteiger partial charge in [0.2, 0.25) is 5.95 Å². The first kappa shape index (κ1) is 19.6. The number of aromatic nitrogens is 2. The topological polar surface area (TPSA) is 76.1 Å². The third-order valence-electron chi connectivity index (χ3n) is 3.81. The number of rotatable bonds is 6. The first-order chi connectivity index (χ1) is 13.4. The average molecular weight is 397 g/mol. The molecule has 2 aromatic carbocycles. The highest BCUT2D eigenvalue weighted by Gasteiger charge is 2.13. The number of nitrogens with one attached hydrogen (secondary N) is 2. The molecular formula is C21H21ClN4O2. The van der Waals surface area contributed by atoms with Gasteiger partial charge in [0.15, 0.2) is 0 Å².